The zero-order chi connectivity index (χ0) is 21.7. The molecule has 2 N–H and O–H groups in total. The summed E-state index contributed by atoms with van der Waals surface area (Å²) in [6.45, 7) is 5.97. The molecule has 1 aromatic heterocycles. The van der Waals surface area contributed by atoms with Gasteiger partial charge in [0.05, 0.1) is 12.1 Å². The number of nitrogens with one attached hydrogen (secondary N) is 2. The number of H-pyrrole nitrogens is 1. The zero-order valence-corrected chi connectivity index (χ0v) is 18.2. The van der Waals surface area contributed by atoms with Gasteiger partial charge >= 0.3 is 6.03 Å². The number of urea groups is 1. The van der Waals surface area contributed by atoms with Crippen LogP contribution in [0.25, 0.3) is 10.9 Å². The lowest BCUT2D eigenvalue weighted by Gasteiger charge is -2.25. The summed E-state index contributed by atoms with van der Waals surface area (Å²) in [7, 11) is 3.93. The lowest BCUT2D eigenvalue weighted by molar-refractivity contribution is 0.188. The lowest BCUT2D eigenvalue weighted by atomic mass is 10.1. The Morgan fingerprint density at radius 3 is 2.47 bits per heavy atom. The van der Waals surface area contributed by atoms with Crippen LogP contribution in [0.2, 0.25) is 0 Å². The molecule has 0 radical (unpaired) electrons. The van der Waals surface area contributed by atoms with Crippen molar-refractivity contribution in [3.05, 3.63) is 81.1 Å². The van der Waals surface area contributed by atoms with Gasteiger partial charge in [0, 0.05) is 25.2 Å². The Morgan fingerprint density at radius 1 is 1.03 bits per heavy atom. The third kappa shape index (κ3) is 5.48. The van der Waals surface area contributed by atoms with Gasteiger partial charge in [-0.05, 0) is 56.6 Å². The van der Waals surface area contributed by atoms with E-state index >= 15 is 0 Å². The molecule has 3 rings (SSSR count). The highest BCUT2D eigenvalue weighted by Gasteiger charge is 2.16. The molecule has 0 aliphatic carbocycles. The Bertz CT molecular complexity index is 1070. The Hall–Kier alpha value is -3.12. The highest BCUT2D eigenvalue weighted by atomic mass is 16.2. The number of carbonyl (C=O) groups excluding carboxylic acids is 1. The van der Waals surface area contributed by atoms with Crippen molar-refractivity contribution < 1.29 is 4.79 Å². The first-order valence-corrected chi connectivity index (χ1v) is 10.2. The van der Waals surface area contributed by atoms with Crippen LogP contribution in [0.5, 0.6) is 0 Å². The van der Waals surface area contributed by atoms with E-state index in [0.717, 1.165) is 27.6 Å². The minimum atomic E-state index is -0.180. The first-order chi connectivity index (χ1) is 14.3. The van der Waals surface area contributed by atoms with Crippen LogP contribution in [0, 0.1) is 13.8 Å². The Balaban J connectivity index is 1.82. The van der Waals surface area contributed by atoms with Crippen molar-refractivity contribution in [2.24, 2.45) is 0 Å². The quantitative estimate of drug-likeness (QED) is 0.632. The van der Waals surface area contributed by atoms with Crippen molar-refractivity contribution >= 4 is 16.9 Å². The molecule has 0 fully saturated rings. The van der Waals surface area contributed by atoms with Gasteiger partial charge < -0.3 is 20.1 Å². The Labute approximate surface area is 177 Å². The van der Waals surface area contributed by atoms with Gasteiger partial charge in [-0.15, -0.1) is 0 Å². The van der Waals surface area contributed by atoms with Crippen LogP contribution in [-0.2, 0) is 13.1 Å². The number of hydrogen-bond acceptors (Lipinski definition) is 3. The van der Waals surface area contributed by atoms with Crippen LogP contribution in [0.4, 0.5) is 4.79 Å². The number of carbonyl (C=O) groups is 1. The molecule has 30 heavy (non-hydrogen) atoms. The van der Waals surface area contributed by atoms with Crippen LogP contribution in [0.15, 0.2) is 53.3 Å². The molecule has 6 nitrogen and oxygen atoms in total. The van der Waals surface area contributed by atoms with Gasteiger partial charge in [0.25, 0.3) is 5.56 Å². The summed E-state index contributed by atoms with van der Waals surface area (Å²) in [5.74, 6) is 0. The van der Waals surface area contributed by atoms with Gasteiger partial charge in [-0.2, -0.15) is 0 Å². The van der Waals surface area contributed by atoms with Crippen LogP contribution in [0.1, 0.15) is 22.3 Å². The highest BCUT2D eigenvalue weighted by molar-refractivity contribution is 5.83. The maximum atomic E-state index is 12.9. The van der Waals surface area contributed by atoms with Crippen molar-refractivity contribution in [3.63, 3.8) is 0 Å². The number of aromatic nitrogens is 1. The molecule has 0 spiro atoms. The molecule has 2 amide bonds. The normalized spacial score (nSPS) is 11.1. The molecule has 0 atom stereocenters. The van der Waals surface area contributed by atoms with Crippen LogP contribution < -0.4 is 10.9 Å². The van der Waals surface area contributed by atoms with Gasteiger partial charge in [0.2, 0.25) is 0 Å². The molecule has 1 heterocycles. The summed E-state index contributed by atoms with van der Waals surface area (Å²) in [6.07, 6.45) is 0. The number of benzene rings is 2. The van der Waals surface area contributed by atoms with E-state index in [-0.39, 0.29) is 18.1 Å². The molecule has 2 aromatic carbocycles. The number of aromatic amines is 1. The second-order valence-electron chi connectivity index (χ2n) is 8.04. The average molecular weight is 407 g/mol. The van der Waals surface area contributed by atoms with Gasteiger partial charge in [0.1, 0.15) is 0 Å². The first kappa shape index (κ1) is 21.6. The fraction of sp³-hybridized carbons (Fsp3) is 0.333. The summed E-state index contributed by atoms with van der Waals surface area (Å²) in [5.41, 5.74) is 4.50. The minimum absolute atomic E-state index is 0.153. The maximum Gasteiger partial charge on any atom is 0.318 e. The van der Waals surface area contributed by atoms with Crippen molar-refractivity contribution in [2.45, 2.75) is 26.9 Å². The van der Waals surface area contributed by atoms with E-state index in [1.54, 1.807) is 4.90 Å². The number of hydrogen-bond donors (Lipinski definition) is 2. The maximum absolute atomic E-state index is 12.9. The summed E-state index contributed by atoms with van der Waals surface area (Å²) in [5, 5.41) is 3.96. The molecule has 6 heteroatoms. The van der Waals surface area contributed by atoms with Gasteiger partial charge in [0.15, 0.2) is 0 Å². The van der Waals surface area contributed by atoms with Crippen LogP contribution in [-0.4, -0.2) is 48.0 Å². The zero-order valence-electron chi connectivity index (χ0n) is 18.2. The number of fused-ring (bicyclic) bond motifs is 1. The van der Waals surface area contributed by atoms with Crippen molar-refractivity contribution in [3.8, 4) is 0 Å². The molecule has 0 saturated heterocycles. The molecule has 0 unspecified atom stereocenters. The van der Waals surface area contributed by atoms with Gasteiger partial charge in [-0.1, -0.05) is 42.0 Å². The van der Waals surface area contributed by atoms with E-state index in [1.807, 2.05) is 69.2 Å². The molecule has 0 aliphatic heterocycles. The van der Waals surface area contributed by atoms with Gasteiger partial charge in [-0.3, -0.25) is 4.79 Å². The number of nitrogens with zero attached hydrogens (tertiary/aromatic N) is 2. The van der Waals surface area contributed by atoms with Crippen molar-refractivity contribution in [1.82, 2.24) is 20.1 Å². The predicted octanol–water partition coefficient (Wildman–Crippen LogP) is 3.42. The summed E-state index contributed by atoms with van der Waals surface area (Å²) < 4.78 is 0. The van der Waals surface area contributed by atoms with E-state index in [2.05, 4.69) is 22.4 Å². The Kier molecular flexibility index (Phi) is 6.90. The number of pyridine rings is 1. The largest absolute Gasteiger partial charge is 0.334 e. The molecule has 3 aromatic rings. The Morgan fingerprint density at radius 2 is 1.77 bits per heavy atom. The van der Waals surface area contributed by atoms with E-state index < -0.39 is 0 Å². The van der Waals surface area contributed by atoms with Crippen LogP contribution in [0.3, 0.4) is 0 Å². The number of aryl methyl sites for hydroxylation is 2. The topological polar surface area (TPSA) is 68.4 Å². The third-order valence-corrected chi connectivity index (χ3v) is 5.12. The number of likely N-dealkylation sites (N-methyl/N-ethyl adjacent to an activating group) is 1. The molecule has 0 aliphatic rings. The fourth-order valence-corrected chi connectivity index (χ4v) is 3.51. The monoisotopic (exact) mass is 406 g/mol. The standard InChI is InChI=1S/C24H30N4O2/c1-17-12-18(2)22-20(13-17)14-21(23(29)26-22)16-28(11-10-27(3)4)24(30)25-15-19-8-6-5-7-9-19/h5-9,12-14H,10-11,15-16H2,1-4H3,(H,25,30)(H,26,29). The number of rotatable bonds is 7. The first-order valence-electron chi connectivity index (χ1n) is 10.2. The predicted molar refractivity (Wildman–Crippen MR) is 122 cm³/mol. The molecule has 158 valence electrons. The average Bonchev–Trinajstić information content (AvgIpc) is 2.71. The van der Waals surface area contributed by atoms with E-state index in [0.29, 0.717) is 25.2 Å². The highest BCUT2D eigenvalue weighted by Crippen LogP contribution is 2.18. The van der Waals surface area contributed by atoms with E-state index in [4.69, 9.17) is 0 Å². The smallest absolute Gasteiger partial charge is 0.318 e. The third-order valence-electron chi connectivity index (χ3n) is 5.12. The second-order valence-corrected chi connectivity index (χ2v) is 8.04. The summed E-state index contributed by atoms with van der Waals surface area (Å²) in [4.78, 5) is 32.3. The minimum Gasteiger partial charge on any atom is -0.334 e. The SMILES string of the molecule is Cc1cc(C)c2[nH]c(=O)c(CN(CCN(C)C)C(=O)NCc3ccccc3)cc2c1. The lowest BCUT2D eigenvalue weighted by Crippen LogP contribution is -2.43. The van der Waals surface area contributed by atoms with Gasteiger partial charge in [-0.25, -0.2) is 4.79 Å². The summed E-state index contributed by atoms with van der Waals surface area (Å²) >= 11 is 0. The molecular weight excluding hydrogens is 376 g/mol. The molecule has 0 bridgehead atoms. The summed E-state index contributed by atoms with van der Waals surface area (Å²) in [6, 6.07) is 15.6. The fourth-order valence-electron chi connectivity index (χ4n) is 3.51. The number of amides is 2. The van der Waals surface area contributed by atoms with Crippen LogP contribution >= 0.6 is 0 Å². The van der Waals surface area contributed by atoms with E-state index in [9.17, 15) is 9.59 Å². The van der Waals surface area contributed by atoms with E-state index in [1.165, 1.54) is 0 Å². The van der Waals surface area contributed by atoms with Crippen molar-refractivity contribution in [1.29, 1.82) is 0 Å². The van der Waals surface area contributed by atoms with Crippen molar-refractivity contribution in [2.75, 3.05) is 27.2 Å². The molecule has 0 saturated carbocycles. The molecular formula is C24H30N4O2. The second kappa shape index (κ2) is 9.59.